The van der Waals surface area contributed by atoms with Gasteiger partial charge < -0.3 is 10.2 Å². The monoisotopic (exact) mass is 194 g/mol. The van der Waals surface area contributed by atoms with Gasteiger partial charge >= 0.3 is 0 Å². The van der Waals surface area contributed by atoms with Crippen molar-refractivity contribution in [1.29, 1.82) is 0 Å². The molecule has 1 amide bonds. The predicted octanol–water partition coefficient (Wildman–Crippen LogP) is 0.609. The fraction of sp³-hybridized carbons (Fsp3) is 0.727. The van der Waals surface area contributed by atoms with Crippen molar-refractivity contribution in [1.82, 2.24) is 10.2 Å². The molecule has 1 rings (SSSR count). The van der Waals surface area contributed by atoms with Gasteiger partial charge in [-0.05, 0) is 19.9 Å². The van der Waals surface area contributed by atoms with E-state index in [9.17, 15) is 4.79 Å². The van der Waals surface area contributed by atoms with Crippen molar-refractivity contribution in [3.05, 3.63) is 0 Å². The molecule has 3 heteroatoms. The molecule has 0 bridgehead atoms. The molecular weight excluding hydrogens is 176 g/mol. The van der Waals surface area contributed by atoms with Gasteiger partial charge in [0, 0.05) is 6.54 Å². The van der Waals surface area contributed by atoms with Crippen LogP contribution in [0, 0.1) is 12.3 Å². The van der Waals surface area contributed by atoms with Crippen LogP contribution in [0.25, 0.3) is 0 Å². The summed E-state index contributed by atoms with van der Waals surface area (Å²) < 4.78 is 0. The summed E-state index contributed by atoms with van der Waals surface area (Å²) in [5.41, 5.74) is 0. The summed E-state index contributed by atoms with van der Waals surface area (Å²) >= 11 is 0. The second-order valence-electron chi connectivity index (χ2n) is 3.63. The first-order valence-electron chi connectivity index (χ1n) is 5.18. The average Bonchev–Trinajstić information content (AvgIpc) is 2.56. The highest BCUT2D eigenvalue weighted by molar-refractivity contribution is 5.84. The molecule has 0 aromatic rings. The van der Waals surface area contributed by atoms with Crippen LogP contribution in [0.4, 0.5) is 0 Å². The highest BCUT2D eigenvalue weighted by atomic mass is 16.2. The van der Waals surface area contributed by atoms with E-state index in [2.05, 4.69) is 18.2 Å². The fourth-order valence-corrected chi connectivity index (χ4v) is 1.88. The maximum absolute atomic E-state index is 11.8. The molecule has 0 aliphatic carbocycles. The van der Waals surface area contributed by atoms with Crippen molar-refractivity contribution < 1.29 is 4.79 Å². The highest BCUT2D eigenvalue weighted by Crippen LogP contribution is 2.16. The third kappa shape index (κ3) is 2.08. The summed E-state index contributed by atoms with van der Waals surface area (Å²) in [5, 5.41) is 3.00. The van der Waals surface area contributed by atoms with Crippen molar-refractivity contribution in [2.24, 2.45) is 0 Å². The number of nitrogens with zero attached hydrogens (tertiary/aromatic N) is 1. The number of amides is 1. The van der Waals surface area contributed by atoms with Gasteiger partial charge in [-0.1, -0.05) is 19.3 Å². The topological polar surface area (TPSA) is 32.3 Å². The molecule has 0 spiro atoms. The van der Waals surface area contributed by atoms with Crippen molar-refractivity contribution >= 4 is 5.91 Å². The molecule has 0 aromatic heterocycles. The van der Waals surface area contributed by atoms with Gasteiger partial charge in [-0.3, -0.25) is 4.79 Å². The van der Waals surface area contributed by atoms with E-state index in [1.54, 1.807) is 0 Å². The molecule has 3 nitrogen and oxygen atoms in total. The minimum Gasteiger partial charge on any atom is -0.327 e. The van der Waals surface area contributed by atoms with Gasteiger partial charge in [-0.15, -0.1) is 6.42 Å². The number of hydrogen-bond acceptors (Lipinski definition) is 2. The Hall–Kier alpha value is -1.01. The molecule has 1 N–H and O–H groups in total. The molecule has 78 valence electrons. The molecule has 1 aliphatic heterocycles. The molecule has 0 saturated carbocycles. The number of hydrogen-bond donors (Lipinski definition) is 1. The summed E-state index contributed by atoms with van der Waals surface area (Å²) in [4.78, 5) is 13.6. The van der Waals surface area contributed by atoms with E-state index in [0.29, 0.717) is 0 Å². The smallest absolute Gasteiger partial charge is 0.240 e. The molecule has 1 saturated heterocycles. The summed E-state index contributed by atoms with van der Waals surface area (Å²) in [6.45, 7) is 2.87. The van der Waals surface area contributed by atoms with E-state index in [-0.39, 0.29) is 18.0 Å². The predicted molar refractivity (Wildman–Crippen MR) is 56.7 cm³/mol. The van der Waals surface area contributed by atoms with Crippen LogP contribution in [0.2, 0.25) is 0 Å². The summed E-state index contributed by atoms with van der Waals surface area (Å²) in [6.07, 6.45) is 8.21. The lowest BCUT2D eigenvalue weighted by atomic mass is 10.1. The van der Waals surface area contributed by atoms with Gasteiger partial charge in [-0.2, -0.15) is 0 Å². The van der Waals surface area contributed by atoms with E-state index in [4.69, 9.17) is 6.42 Å². The van der Waals surface area contributed by atoms with Crippen LogP contribution >= 0.6 is 0 Å². The van der Waals surface area contributed by atoms with Gasteiger partial charge in [0.15, 0.2) is 0 Å². The van der Waals surface area contributed by atoms with Crippen LogP contribution in [0.1, 0.15) is 26.2 Å². The van der Waals surface area contributed by atoms with Crippen LogP contribution in [0.3, 0.4) is 0 Å². The Kier molecular flexibility index (Phi) is 3.97. The van der Waals surface area contributed by atoms with Crippen molar-refractivity contribution in [2.45, 2.75) is 38.3 Å². The molecular formula is C11H18N2O. The molecule has 2 atom stereocenters. The van der Waals surface area contributed by atoms with Gasteiger partial charge in [0.25, 0.3) is 0 Å². The Balaban J connectivity index is 2.61. The van der Waals surface area contributed by atoms with E-state index in [1.165, 1.54) is 0 Å². The van der Waals surface area contributed by atoms with E-state index in [1.807, 2.05) is 11.9 Å². The standard InChI is InChI=1S/C11H18N2O/c1-4-6-9(5-2)13-8-7-10(12-3)11(13)14/h2,9-10,12H,4,6-8H2,1,3H3. The lowest BCUT2D eigenvalue weighted by Crippen LogP contribution is -2.41. The van der Waals surface area contributed by atoms with Crippen LogP contribution in [0.15, 0.2) is 0 Å². The Morgan fingerprint density at radius 2 is 2.50 bits per heavy atom. The van der Waals surface area contributed by atoms with Gasteiger partial charge in [0.2, 0.25) is 5.91 Å². The zero-order valence-electron chi connectivity index (χ0n) is 8.92. The molecule has 2 unspecified atom stereocenters. The molecule has 0 aromatic carbocycles. The largest absolute Gasteiger partial charge is 0.327 e. The zero-order chi connectivity index (χ0) is 10.6. The summed E-state index contributed by atoms with van der Waals surface area (Å²) in [6, 6.07) is -0.0337. The lowest BCUT2D eigenvalue weighted by molar-refractivity contribution is -0.130. The first-order valence-corrected chi connectivity index (χ1v) is 5.18. The van der Waals surface area contributed by atoms with Crippen LogP contribution in [0.5, 0.6) is 0 Å². The molecule has 14 heavy (non-hydrogen) atoms. The van der Waals surface area contributed by atoms with Gasteiger partial charge in [0.1, 0.15) is 0 Å². The highest BCUT2D eigenvalue weighted by Gasteiger charge is 2.33. The normalized spacial score (nSPS) is 23.6. The first kappa shape index (κ1) is 11.1. The molecule has 0 radical (unpaired) electrons. The molecule has 1 fully saturated rings. The van der Waals surface area contributed by atoms with Crippen LogP contribution in [-0.2, 0) is 4.79 Å². The number of carbonyl (C=O) groups is 1. The summed E-state index contributed by atoms with van der Waals surface area (Å²) in [7, 11) is 1.82. The van der Waals surface area contributed by atoms with E-state index >= 15 is 0 Å². The number of nitrogens with one attached hydrogen (secondary N) is 1. The Bertz CT molecular complexity index is 244. The number of likely N-dealkylation sites (N-methyl/N-ethyl adjacent to an activating group) is 1. The second-order valence-corrected chi connectivity index (χ2v) is 3.63. The third-order valence-electron chi connectivity index (χ3n) is 2.72. The van der Waals surface area contributed by atoms with E-state index < -0.39 is 0 Å². The quantitative estimate of drug-likeness (QED) is 0.665. The van der Waals surface area contributed by atoms with Crippen molar-refractivity contribution in [2.75, 3.05) is 13.6 Å². The fourth-order valence-electron chi connectivity index (χ4n) is 1.88. The first-order chi connectivity index (χ1) is 6.74. The van der Waals surface area contributed by atoms with Crippen molar-refractivity contribution in [3.8, 4) is 12.3 Å². The van der Waals surface area contributed by atoms with E-state index in [0.717, 1.165) is 25.8 Å². The van der Waals surface area contributed by atoms with Gasteiger partial charge in [-0.25, -0.2) is 0 Å². The Morgan fingerprint density at radius 3 is 2.93 bits per heavy atom. The third-order valence-corrected chi connectivity index (χ3v) is 2.72. The second kappa shape index (κ2) is 5.02. The maximum atomic E-state index is 11.8. The number of likely N-dealkylation sites (tertiary alicyclic amines) is 1. The number of carbonyl (C=O) groups excluding carboxylic acids is 1. The van der Waals surface area contributed by atoms with Crippen LogP contribution in [-0.4, -0.2) is 36.5 Å². The van der Waals surface area contributed by atoms with Gasteiger partial charge in [0.05, 0.1) is 12.1 Å². The van der Waals surface area contributed by atoms with Crippen LogP contribution < -0.4 is 5.32 Å². The van der Waals surface area contributed by atoms with Crippen molar-refractivity contribution in [3.63, 3.8) is 0 Å². The Morgan fingerprint density at radius 1 is 1.79 bits per heavy atom. The minimum atomic E-state index is -0.0253. The minimum absolute atomic E-state index is 0.00847. The zero-order valence-corrected chi connectivity index (χ0v) is 8.92. The summed E-state index contributed by atoms with van der Waals surface area (Å²) in [5.74, 6) is 2.85. The molecule has 1 heterocycles. The SMILES string of the molecule is C#CC(CCC)N1CCC(NC)C1=O. The average molecular weight is 194 g/mol. The number of terminal acetylenes is 1. The molecule has 1 aliphatic rings. The Labute approximate surface area is 85.9 Å². The number of rotatable bonds is 4. The maximum Gasteiger partial charge on any atom is 0.240 e. The lowest BCUT2D eigenvalue weighted by Gasteiger charge is -2.23.